The lowest BCUT2D eigenvalue weighted by Gasteiger charge is -2.31. The van der Waals surface area contributed by atoms with Crippen molar-refractivity contribution in [3.05, 3.63) is 29.8 Å². The van der Waals surface area contributed by atoms with E-state index in [4.69, 9.17) is 9.47 Å². The Morgan fingerprint density at radius 1 is 1.35 bits per heavy atom. The molecule has 142 valence electrons. The van der Waals surface area contributed by atoms with E-state index < -0.39 is 12.1 Å². The molecule has 0 aromatic heterocycles. The summed E-state index contributed by atoms with van der Waals surface area (Å²) in [5.74, 6) is -0.779. The zero-order chi connectivity index (χ0) is 18.9. The van der Waals surface area contributed by atoms with E-state index in [0.717, 1.165) is 12.0 Å². The first-order valence-corrected chi connectivity index (χ1v) is 8.47. The van der Waals surface area contributed by atoms with E-state index in [0.29, 0.717) is 25.3 Å². The van der Waals surface area contributed by atoms with Crippen molar-refractivity contribution in [3.63, 3.8) is 0 Å². The standard InChI is InChI=1S/C18H24N2O6/c1-13(21)25-9-4-6-14-5-3-7-15(11-14)19-18(23)20-8-10-26-16(12-20)17(22)24-2/h3,5,7,11,16H,4,6,8-10,12H2,1-2H3,(H,19,23)/t16-/m0/s1. The summed E-state index contributed by atoms with van der Waals surface area (Å²) in [6.07, 6.45) is 0.687. The molecule has 8 nitrogen and oxygen atoms in total. The van der Waals surface area contributed by atoms with Gasteiger partial charge in [0.15, 0.2) is 6.10 Å². The third-order valence-electron chi connectivity index (χ3n) is 3.91. The molecule has 0 saturated carbocycles. The third-order valence-corrected chi connectivity index (χ3v) is 3.91. The second-order valence-corrected chi connectivity index (χ2v) is 5.90. The number of nitrogens with one attached hydrogen (secondary N) is 1. The number of anilines is 1. The average Bonchev–Trinajstić information content (AvgIpc) is 2.65. The van der Waals surface area contributed by atoms with Gasteiger partial charge in [-0.15, -0.1) is 0 Å². The van der Waals surface area contributed by atoms with Gasteiger partial charge < -0.3 is 24.4 Å². The van der Waals surface area contributed by atoms with Gasteiger partial charge in [-0.25, -0.2) is 9.59 Å². The fourth-order valence-electron chi connectivity index (χ4n) is 2.61. The van der Waals surface area contributed by atoms with E-state index in [1.54, 1.807) is 6.07 Å². The number of nitrogens with zero attached hydrogens (tertiary/aromatic N) is 1. The van der Waals surface area contributed by atoms with Crippen molar-refractivity contribution in [2.45, 2.75) is 25.9 Å². The van der Waals surface area contributed by atoms with E-state index in [1.165, 1.54) is 18.9 Å². The van der Waals surface area contributed by atoms with Gasteiger partial charge in [0.1, 0.15) is 0 Å². The lowest BCUT2D eigenvalue weighted by Crippen LogP contribution is -2.50. The van der Waals surface area contributed by atoms with E-state index in [1.807, 2.05) is 18.2 Å². The summed E-state index contributed by atoms with van der Waals surface area (Å²) in [4.78, 5) is 36.3. The van der Waals surface area contributed by atoms with Gasteiger partial charge in [-0.3, -0.25) is 4.79 Å². The number of methoxy groups -OCH3 is 1. The van der Waals surface area contributed by atoms with Crippen molar-refractivity contribution in [1.29, 1.82) is 0 Å². The zero-order valence-electron chi connectivity index (χ0n) is 15.0. The van der Waals surface area contributed by atoms with Crippen LogP contribution in [0.15, 0.2) is 24.3 Å². The second-order valence-electron chi connectivity index (χ2n) is 5.90. The molecule has 26 heavy (non-hydrogen) atoms. The van der Waals surface area contributed by atoms with Crippen LogP contribution >= 0.6 is 0 Å². The largest absolute Gasteiger partial charge is 0.467 e. The molecule has 0 bridgehead atoms. The van der Waals surface area contributed by atoms with Gasteiger partial charge in [-0.1, -0.05) is 12.1 Å². The summed E-state index contributed by atoms with van der Waals surface area (Å²) >= 11 is 0. The Labute approximate surface area is 152 Å². The number of hydrogen-bond acceptors (Lipinski definition) is 6. The van der Waals surface area contributed by atoms with E-state index in [2.05, 4.69) is 10.1 Å². The highest BCUT2D eigenvalue weighted by Crippen LogP contribution is 2.15. The SMILES string of the molecule is COC(=O)[C@@H]1CN(C(=O)Nc2cccc(CCCOC(C)=O)c2)CCO1. The maximum Gasteiger partial charge on any atom is 0.336 e. The topological polar surface area (TPSA) is 94.2 Å². The fourth-order valence-corrected chi connectivity index (χ4v) is 2.61. The van der Waals surface area contributed by atoms with E-state index in [9.17, 15) is 14.4 Å². The Morgan fingerprint density at radius 3 is 2.88 bits per heavy atom. The molecule has 1 aromatic carbocycles. The molecule has 1 aliphatic heterocycles. The molecule has 2 amide bonds. The highest BCUT2D eigenvalue weighted by molar-refractivity contribution is 5.90. The molecular formula is C18H24N2O6. The number of aryl methyl sites for hydroxylation is 1. The monoisotopic (exact) mass is 364 g/mol. The number of carbonyl (C=O) groups excluding carboxylic acids is 3. The van der Waals surface area contributed by atoms with Crippen LogP contribution in [0.25, 0.3) is 0 Å². The first-order chi connectivity index (χ1) is 12.5. The number of carbonyl (C=O) groups is 3. The van der Waals surface area contributed by atoms with E-state index >= 15 is 0 Å². The molecule has 0 spiro atoms. The van der Waals surface area contributed by atoms with Crippen LogP contribution in [0.5, 0.6) is 0 Å². The summed E-state index contributed by atoms with van der Waals surface area (Å²) in [7, 11) is 1.29. The fraction of sp³-hybridized carbons (Fsp3) is 0.500. The summed E-state index contributed by atoms with van der Waals surface area (Å²) in [6, 6.07) is 7.19. The van der Waals surface area contributed by atoms with Gasteiger partial charge in [-0.2, -0.15) is 0 Å². The number of hydrogen-bond donors (Lipinski definition) is 1. The third kappa shape index (κ3) is 6.03. The Balaban J connectivity index is 1.87. The van der Waals surface area contributed by atoms with Crippen LogP contribution in [0.1, 0.15) is 18.9 Å². The molecule has 1 saturated heterocycles. The first-order valence-electron chi connectivity index (χ1n) is 8.47. The minimum Gasteiger partial charge on any atom is -0.467 e. The van der Waals surface area contributed by atoms with Gasteiger partial charge in [0.2, 0.25) is 0 Å². The Hall–Kier alpha value is -2.61. The average molecular weight is 364 g/mol. The summed E-state index contributed by atoms with van der Waals surface area (Å²) in [6.45, 7) is 2.59. The Bertz CT molecular complexity index is 648. The number of urea groups is 1. The molecule has 1 N–H and O–H groups in total. The summed E-state index contributed by atoms with van der Waals surface area (Å²) in [5, 5.41) is 2.83. The lowest BCUT2D eigenvalue weighted by atomic mass is 10.1. The molecule has 0 unspecified atom stereocenters. The number of esters is 2. The molecule has 1 aliphatic rings. The van der Waals surface area contributed by atoms with Crippen molar-refractivity contribution >= 4 is 23.7 Å². The van der Waals surface area contributed by atoms with E-state index in [-0.39, 0.29) is 25.2 Å². The van der Waals surface area contributed by atoms with Gasteiger partial charge in [0.25, 0.3) is 0 Å². The van der Waals surface area contributed by atoms with Crippen LogP contribution in [-0.4, -0.2) is 62.4 Å². The van der Waals surface area contributed by atoms with Crippen LogP contribution in [0.3, 0.4) is 0 Å². The second kappa shape index (κ2) is 9.76. The quantitative estimate of drug-likeness (QED) is 0.608. The van der Waals surface area contributed by atoms with Gasteiger partial charge in [0.05, 0.1) is 26.9 Å². The van der Waals surface area contributed by atoms with Crippen molar-refractivity contribution in [2.24, 2.45) is 0 Å². The van der Waals surface area contributed by atoms with Crippen LogP contribution < -0.4 is 5.32 Å². The first kappa shape index (κ1) is 19.7. The molecule has 0 aliphatic carbocycles. The molecule has 1 aromatic rings. The van der Waals surface area contributed by atoms with Crippen molar-refractivity contribution < 1.29 is 28.6 Å². The predicted octanol–water partition coefficient (Wildman–Crippen LogP) is 1.59. The highest BCUT2D eigenvalue weighted by Gasteiger charge is 2.29. The molecule has 0 radical (unpaired) electrons. The smallest absolute Gasteiger partial charge is 0.336 e. The van der Waals surface area contributed by atoms with Crippen molar-refractivity contribution in [2.75, 3.05) is 38.7 Å². The minimum atomic E-state index is -0.757. The maximum absolute atomic E-state index is 12.4. The van der Waals surface area contributed by atoms with Gasteiger partial charge in [-0.05, 0) is 30.5 Å². The Morgan fingerprint density at radius 2 is 2.15 bits per heavy atom. The molecule has 8 heteroatoms. The maximum atomic E-state index is 12.4. The molecule has 1 atom stereocenters. The minimum absolute atomic E-state index is 0.153. The number of rotatable bonds is 6. The van der Waals surface area contributed by atoms with Gasteiger partial charge >= 0.3 is 18.0 Å². The normalized spacial score (nSPS) is 16.7. The van der Waals surface area contributed by atoms with Crippen LogP contribution in [0.2, 0.25) is 0 Å². The number of amides is 2. The predicted molar refractivity (Wildman–Crippen MR) is 93.7 cm³/mol. The molecular weight excluding hydrogens is 340 g/mol. The summed E-state index contributed by atoms with van der Waals surface area (Å²) < 4.78 is 14.9. The van der Waals surface area contributed by atoms with Crippen molar-refractivity contribution in [3.8, 4) is 0 Å². The Kier molecular flexibility index (Phi) is 7.40. The number of benzene rings is 1. The molecule has 1 fully saturated rings. The molecule has 1 heterocycles. The van der Waals surface area contributed by atoms with Crippen LogP contribution in [0, 0.1) is 0 Å². The zero-order valence-corrected chi connectivity index (χ0v) is 15.0. The van der Waals surface area contributed by atoms with Crippen LogP contribution in [-0.2, 0) is 30.2 Å². The number of ether oxygens (including phenoxy) is 3. The lowest BCUT2D eigenvalue weighted by molar-refractivity contribution is -0.158. The number of morpholine rings is 1. The molecule has 2 rings (SSSR count). The van der Waals surface area contributed by atoms with Crippen molar-refractivity contribution in [1.82, 2.24) is 4.90 Å². The summed E-state index contributed by atoms with van der Waals surface area (Å²) in [5.41, 5.74) is 1.70. The highest BCUT2D eigenvalue weighted by atomic mass is 16.6. The van der Waals surface area contributed by atoms with Crippen LogP contribution in [0.4, 0.5) is 10.5 Å². The van der Waals surface area contributed by atoms with Gasteiger partial charge in [0, 0.05) is 19.2 Å².